The number of nitrogens with zero attached hydrogens (tertiary/aromatic N) is 3. The second-order valence-electron chi connectivity index (χ2n) is 7.33. The molecule has 1 aromatic carbocycles. The van der Waals surface area contributed by atoms with Crippen molar-refractivity contribution in [2.24, 2.45) is 5.92 Å². The topological polar surface area (TPSA) is 79.8 Å². The van der Waals surface area contributed by atoms with Gasteiger partial charge in [0.1, 0.15) is 0 Å². The summed E-state index contributed by atoms with van der Waals surface area (Å²) in [6.07, 6.45) is 1.19. The summed E-state index contributed by atoms with van der Waals surface area (Å²) in [5.74, 6) is 0.0619. The van der Waals surface area contributed by atoms with Crippen LogP contribution in [0.5, 0.6) is 0 Å². The van der Waals surface area contributed by atoms with Crippen molar-refractivity contribution in [2.45, 2.75) is 30.4 Å². The van der Waals surface area contributed by atoms with Crippen LogP contribution in [0.3, 0.4) is 0 Å². The number of likely N-dealkylation sites (tertiary alicyclic amines) is 1. The number of ether oxygens (including phenoxy) is 1. The van der Waals surface area contributed by atoms with Gasteiger partial charge in [-0.3, -0.25) is 14.4 Å². The van der Waals surface area contributed by atoms with Crippen molar-refractivity contribution in [3.8, 4) is 0 Å². The number of hydrogen-bond donors (Lipinski definition) is 0. The summed E-state index contributed by atoms with van der Waals surface area (Å²) in [7, 11) is 1.65. The summed E-state index contributed by atoms with van der Waals surface area (Å²) in [4.78, 5) is 46.0. The molecule has 2 aromatic rings. The van der Waals surface area contributed by atoms with Gasteiger partial charge in [0, 0.05) is 36.2 Å². The predicted molar refractivity (Wildman–Crippen MR) is 121 cm³/mol. The maximum absolute atomic E-state index is 13.0. The predicted octanol–water partition coefficient (Wildman–Crippen LogP) is 3.31. The first kappa shape index (κ1) is 23.3. The van der Waals surface area contributed by atoms with E-state index >= 15 is 0 Å². The van der Waals surface area contributed by atoms with Crippen molar-refractivity contribution in [1.82, 2.24) is 14.8 Å². The van der Waals surface area contributed by atoms with Gasteiger partial charge < -0.3 is 14.5 Å². The minimum Gasteiger partial charge on any atom is -0.466 e. The van der Waals surface area contributed by atoms with Crippen molar-refractivity contribution >= 4 is 40.9 Å². The fourth-order valence-corrected chi connectivity index (χ4v) is 5.05. The molecule has 31 heavy (non-hydrogen) atoms. The summed E-state index contributed by atoms with van der Waals surface area (Å²) in [5.41, 5.74) is 3.35. The summed E-state index contributed by atoms with van der Waals surface area (Å²) >= 11 is 3.11. The number of thiazole rings is 1. The van der Waals surface area contributed by atoms with Gasteiger partial charge in [-0.15, -0.1) is 23.1 Å². The number of carbonyl (C=O) groups excluding carboxylic acids is 3. The van der Waals surface area contributed by atoms with Crippen molar-refractivity contribution < 1.29 is 19.1 Å². The average molecular weight is 462 g/mol. The molecule has 0 spiro atoms. The number of benzene rings is 1. The van der Waals surface area contributed by atoms with E-state index in [2.05, 4.69) is 4.98 Å². The highest BCUT2D eigenvalue weighted by Gasteiger charge is 2.29. The Morgan fingerprint density at radius 1 is 1.26 bits per heavy atom. The zero-order chi connectivity index (χ0) is 22.2. The largest absolute Gasteiger partial charge is 0.466 e. The van der Waals surface area contributed by atoms with Gasteiger partial charge in [-0.2, -0.15) is 0 Å². The first-order chi connectivity index (χ1) is 15.0. The molecule has 0 bridgehead atoms. The third kappa shape index (κ3) is 6.30. The second-order valence-corrected chi connectivity index (χ2v) is 9.07. The zero-order valence-corrected chi connectivity index (χ0v) is 19.4. The molecular formula is C22H27N3O4S2. The van der Waals surface area contributed by atoms with Crippen LogP contribution in [0.15, 0.2) is 40.1 Å². The smallest absolute Gasteiger partial charge is 0.309 e. The van der Waals surface area contributed by atoms with Gasteiger partial charge >= 0.3 is 5.97 Å². The Bertz CT molecular complexity index is 896. The van der Waals surface area contributed by atoms with Crippen LogP contribution in [0.4, 0.5) is 0 Å². The average Bonchev–Trinajstić information content (AvgIpc) is 3.31. The molecule has 0 atom stereocenters. The number of likely N-dealkylation sites (N-methyl/N-ethyl adjacent to an activating group) is 1. The lowest BCUT2D eigenvalue weighted by atomic mass is 9.97. The highest BCUT2D eigenvalue weighted by molar-refractivity contribution is 7.98. The molecule has 0 aliphatic carbocycles. The van der Waals surface area contributed by atoms with E-state index in [1.165, 1.54) is 4.90 Å². The van der Waals surface area contributed by atoms with Crippen LogP contribution in [0.2, 0.25) is 0 Å². The molecule has 2 amide bonds. The standard InChI is InChI=1S/C22H27N3O4S2/c1-3-29-22(28)16-8-10-25(11-9-16)20(26)12-24(2)21(27)18-6-4-5-7-19(18)31-14-17-13-30-15-23-17/h4-7,13,15-16H,3,8-12,14H2,1-2H3. The fourth-order valence-electron chi connectivity index (χ4n) is 3.43. The maximum atomic E-state index is 13.0. The van der Waals surface area contributed by atoms with Gasteiger partial charge in [-0.1, -0.05) is 12.1 Å². The van der Waals surface area contributed by atoms with Gasteiger partial charge in [0.15, 0.2) is 0 Å². The number of amides is 2. The van der Waals surface area contributed by atoms with E-state index < -0.39 is 0 Å². The van der Waals surface area contributed by atoms with Gasteiger partial charge in [0.05, 0.1) is 35.8 Å². The highest BCUT2D eigenvalue weighted by Crippen LogP contribution is 2.27. The molecule has 0 radical (unpaired) electrons. The second kappa shape index (κ2) is 11.3. The van der Waals surface area contributed by atoms with Crippen molar-refractivity contribution in [3.05, 3.63) is 46.4 Å². The minimum atomic E-state index is -0.186. The quantitative estimate of drug-likeness (QED) is 0.443. The molecule has 1 aromatic heterocycles. The summed E-state index contributed by atoms with van der Waals surface area (Å²) in [6.45, 7) is 3.18. The van der Waals surface area contributed by atoms with Crippen LogP contribution < -0.4 is 0 Å². The molecule has 9 heteroatoms. The molecule has 7 nitrogen and oxygen atoms in total. The third-order valence-corrected chi connectivity index (χ3v) is 6.91. The molecule has 1 aliphatic rings. The van der Waals surface area contributed by atoms with Crippen molar-refractivity contribution in [1.29, 1.82) is 0 Å². The molecule has 0 saturated carbocycles. The lowest BCUT2D eigenvalue weighted by Crippen LogP contribution is -2.45. The normalized spacial score (nSPS) is 14.3. The van der Waals surface area contributed by atoms with E-state index in [9.17, 15) is 14.4 Å². The Labute approximate surface area is 190 Å². The van der Waals surface area contributed by atoms with Gasteiger partial charge in [-0.05, 0) is 31.9 Å². The zero-order valence-electron chi connectivity index (χ0n) is 17.8. The van der Waals surface area contributed by atoms with E-state index in [-0.39, 0.29) is 30.2 Å². The SMILES string of the molecule is CCOC(=O)C1CCN(C(=O)CN(C)C(=O)c2ccccc2SCc2cscn2)CC1. The monoisotopic (exact) mass is 461 g/mol. The van der Waals surface area contributed by atoms with Crippen LogP contribution in [0.1, 0.15) is 35.8 Å². The van der Waals surface area contributed by atoms with E-state index in [4.69, 9.17) is 4.74 Å². The fraction of sp³-hybridized carbons (Fsp3) is 0.455. The van der Waals surface area contributed by atoms with Gasteiger partial charge in [-0.25, -0.2) is 4.98 Å². The molecule has 1 fully saturated rings. The van der Waals surface area contributed by atoms with E-state index in [1.807, 2.05) is 23.6 Å². The van der Waals surface area contributed by atoms with Crippen molar-refractivity contribution in [2.75, 3.05) is 33.3 Å². The lowest BCUT2D eigenvalue weighted by molar-refractivity contribution is -0.151. The number of hydrogen-bond acceptors (Lipinski definition) is 7. The van der Waals surface area contributed by atoms with Crippen LogP contribution in [-0.2, 0) is 20.1 Å². The van der Waals surface area contributed by atoms with Crippen LogP contribution in [-0.4, -0.2) is 65.9 Å². The van der Waals surface area contributed by atoms with Crippen LogP contribution >= 0.6 is 23.1 Å². The minimum absolute atomic E-state index is 0.00793. The number of piperidine rings is 1. The Balaban J connectivity index is 1.55. The third-order valence-electron chi connectivity index (χ3n) is 5.16. The summed E-state index contributed by atoms with van der Waals surface area (Å²) in [6, 6.07) is 7.44. The maximum Gasteiger partial charge on any atom is 0.309 e. The number of aromatic nitrogens is 1. The molecule has 1 saturated heterocycles. The Morgan fingerprint density at radius 3 is 2.68 bits per heavy atom. The lowest BCUT2D eigenvalue weighted by Gasteiger charge is -2.32. The molecule has 3 rings (SSSR count). The van der Waals surface area contributed by atoms with Gasteiger partial charge in [0.2, 0.25) is 5.91 Å². The molecule has 0 N–H and O–H groups in total. The first-order valence-electron chi connectivity index (χ1n) is 10.3. The van der Waals surface area contributed by atoms with E-state index in [1.54, 1.807) is 53.5 Å². The van der Waals surface area contributed by atoms with Crippen LogP contribution in [0, 0.1) is 5.92 Å². The highest BCUT2D eigenvalue weighted by atomic mass is 32.2. The summed E-state index contributed by atoms with van der Waals surface area (Å²) < 4.78 is 5.08. The Kier molecular flexibility index (Phi) is 8.48. The Hall–Kier alpha value is -2.39. The number of thioether (sulfide) groups is 1. The molecule has 0 unspecified atom stereocenters. The number of esters is 1. The number of carbonyl (C=O) groups is 3. The molecule has 1 aliphatic heterocycles. The van der Waals surface area contributed by atoms with E-state index in [0.29, 0.717) is 43.9 Å². The van der Waals surface area contributed by atoms with E-state index in [0.717, 1.165) is 10.6 Å². The molecule has 2 heterocycles. The van der Waals surface area contributed by atoms with Gasteiger partial charge in [0.25, 0.3) is 5.91 Å². The molecule has 166 valence electrons. The molecular weight excluding hydrogens is 434 g/mol. The van der Waals surface area contributed by atoms with Crippen molar-refractivity contribution in [3.63, 3.8) is 0 Å². The summed E-state index contributed by atoms with van der Waals surface area (Å²) in [5, 5.41) is 1.99. The first-order valence-corrected chi connectivity index (χ1v) is 12.2. The van der Waals surface area contributed by atoms with Crippen LogP contribution in [0.25, 0.3) is 0 Å². The Morgan fingerprint density at radius 2 is 2.00 bits per heavy atom. The number of rotatable bonds is 8.